The molecule has 0 atom stereocenters. The molecule has 0 fully saturated rings. The monoisotopic (exact) mass is 389 g/mol. The SMILES string of the molecule is CCOc1cc(C=C(NC(C)=O)C(=O)O)ccc1OCc1cccc(Cl)c1. The van der Waals surface area contributed by atoms with Crippen LogP contribution in [0.15, 0.2) is 48.2 Å². The van der Waals surface area contributed by atoms with Gasteiger partial charge in [0.05, 0.1) is 6.61 Å². The van der Waals surface area contributed by atoms with Gasteiger partial charge in [-0.3, -0.25) is 4.79 Å². The molecule has 1 amide bonds. The van der Waals surface area contributed by atoms with Crippen LogP contribution in [0.3, 0.4) is 0 Å². The van der Waals surface area contributed by atoms with Crippen molar-refractivity contribution >= 4 is 29.6 Å². The first kappa shape index (κ1) is 20.3. The van der Waals surface area contributed by atoms with Crippen molar-refractivity contribution in [3.05, 3.63) is 64.3 Å². The van der Waals surface area contributed by atoms with Crippen LogP contribution in [0.25, 0.3) is 6.08 Å². The number of halogens is 1. The molecule has 0 spiro atoms. The van der Waals surface area contributed by atoms with Crippen LogP contribution in [0, 0.1) is 0 Å². The van der Waals surface area contributed by atoms with Crippen LogP contribution in [0.1, 0.15) is 25.0 Å². The molecule has 27 heavy (non-hydrogen) atoms. The lowest BCUT2D eigenvalue weighted by atomic mass is 10.1. The second kappa shape index (κ2) is 9.64. The third-order valence-electron chi connectivity index (χ3n) is 3.40. The molecule has 7 heteroatoms. The van der Waals surface area contributed by atoms with Crippen molar-refractivity contribution in [2.75, 3.05) is 6.61 Å². The molecule has 2 N–H and O–H groups in total. The van der Waals surface area contributed by atoms with Crippen LogP contribution in [-0.2, 0) is 16.2 Å². The van der Waals surface area contributed by atoms with Gasteiger partial charge in [0.1, 0.15) is 12.3 Å². The average molecular weight is 390 g/mol. The zero-order chi connectivity index (χ0) is 19.8. The third-order valence-corrected chi connectivity index (χ3v) is 3.64. The Morgan fingerprint density at radius 3 is 2.56 bits per heavy atom. The lowest BCUT2D eigenvalue weighted by Gasteiger charge is -2.13. The van der Waals surface area contributed by atoms with Gasteiger partial charge in [0.15, 0.2) is 11.5 Å². The summed E-state index contributed by atoms with van der Waals surface area (Å²) in [6, 6.07) is 12.4. The summed E-state index contributed by atoms with van der Waals surface area (Å²) in [7, 11) is 0. The summed E-state index contributed by atoms with van der Waals surface area (Å²) in [6.45, 7) is 3.80. The van der Waals surface area contributed by atoms with Crippen molar-refractivity contribution < 1.29 is 24.2 Å². The Morgan fingerprint density at radius 1 is 1.15 bits per heavy atom. The van der Waals surface area contributed by atoms with Gasteiger partial charge in [-0.05, 0) is 48.4 Å². The highest BCUT2D eigenvalue weighted by atomic mass is 35.5. The smallest absolute Gasteiger partial charge is 0.352 e. The highest BCUT2D eigenvalue weighted by Crippen LogP contribution is 2.30. The first-order chi connectivity index (χ1) is 12.9. The lowest BCUT2D eigenvalue weighted by molar-refractivity contribution is -0.134. The number of hydrogen-bond donors (Lipinski definition) is 2. The normalized spacial score (nSPS) is 11.0. The quantitative estimate of drug-likeness (QED) is 0.669. The van der Waals surface area contributed by atoms with E-state index < -0.39 is 11.9 Å². The molecule has 0 saturated heterocycles. The van der Waals surface area contributed by atoms with Crippen molar-refractivity contribution in [1.82, 2.24) is 5.32 Å². The van der Waals surface area contributed by atoms with E-state index in [1.54, 1.807) is 24.3 Å². The molecular weight excluding hydrogens is 370 g/mol. The molecule has 0 radical (unpaired) electrons. The number of amides is 1. The topological polar surface area (TPSA) is 84.9 Å². The summed E-state index contributed by atoms with van der Waals surface area (Å²) in [6.07, 6.45) is 1.35. The summed E-state index contributed by atoms with van der Waals surface area (Å²) in [4.78, 5) is 22.4. The maximum atomic E-state index is 11.3. The molecule has 0 saturated carbocycles. The fourth-order valence-electron chi connectivity index (χ4n) is 2.30. The second-order valence-corrected chi connectivity index (χ2v) is 6.04. The Balaban J connectivity index is 2.24. The number of hydrogen-bond acceptors (Lipinski definition) is 4. The number of carboxylic acids is 1. The molecule has 6 nitrogen and oxygen atoms in total. The van der Waals surface area contributed by atoms with Gasteiger partial charge in [0.2, 0.25) is 5.91 Å². The maximum Gasteiger partial charge on any atom is 0.352 e. The van der Waals surface area contributed by atoms with Crippen LogP contribution in [0.2, 0.25) is 5.02 Å². The van der Waals surface area contributed by atoms with Gasteiger partial charge in [0, 0.05) is 11.9 Å². The summed E-state index contributed by atoms with van der Waals surface area (Å²) in [5.74, 6) is -0.703. The molecule has 0 aliphatic carbocycles. The summed E-state index contributed by atoms with van der Waals surface area (Å²) in [5.41, 5.74) is 1.24. The summed E-state index contributed by atoms with van der Waals surface area (Å²) >= 11 is 5.97. The highest BCUT2D eigenvalue weighted by Gasteiger charge is 2.11. The molecule has 142 valence electrons. The number of benzene rings is 2. The first-order valence-electron chi connectivity index (χ1n) is 8.25. The Bertz CT molecular complexity index is 863. The molecular formula is C20H20ClNO5. The van der Waals surface area contributed by atoms with Crippen LogP contribution in [0.5, 0.6) is 11.5 Å². The van der Waals surface area contributed by atoms with E-state index >= 15 is 0 Å². The number of carboxylic acid groups (broad SMARTS) is 1. The van der Waals surface area contributed by atoms with E-state index in [0.717, 1.165) is 5.56 Å². The molecule has 2 aromatic rings. The van der Waals surface area contributed by atoms with E-state index in [1.807, 2.05) is 25.1 Å². The number of ether oxygens (including phenoxy) is 2. The van der Waals surface area contributed by atoms with Gasteiger partial charge < -0.3 is 19.9 Å². The van der Waals surface area contributed by atoms with E-state index in [-0.39, 0.29) is 5.70 Å². The van der Waals surface area contributed by atoms with Crippen molar-refractivity contribution in [1.29, 1.82) is 0 Å². The Labute approximate surface area is 162 Å². The molecule has 0 bridgehead atoms. The summed E-state index contributed by atoms with van der Waals surface area (Å²) in [5, 5.41) is 12.1. The van der Waals surface area contributed by atoms with E-state index in [9.17, 15) is 14.7 Å². The Hall–Kier alpha value is -2.99. The molecule has 0 unspecified atom stereocenters. The van der Waals surface area contributed by atoms with Gasteiger partial charge in [0.25, 0.3) is 0 Å². The van der Waals surface area contributed by atoms with Crippen molar-refractivity contribution in [2.24, 2.45) is 0 Å². The molecule has 0 aliphatic heterocycles. The van der Waals surface area contributed by atoms with Crippen LogP contribution in [-0.4, -0.2) is 23.6 Å². The predicted molar refractivity (Wildman–Crippen MR) is 103 cm³/mol. The number of rotatable bonds is 8. The Kier molecular flexibility index (Phi) is 7.25. The van der Waals surface area contributed by atoms with Gasteiger partial charge >= 0.3 is 5.97 Å². The van der Waals surface area contributed by atoms with Crippen LogP contribution >= 0.6 is 11.6 Å². The third kappa shape index (κ3) is 6.34. The zero-order valence-electron chi connectivity index (χ0n) is 15.0. The zero-order valence-corrected chi connectivity index (χ0v) is 15.7. The van der Waals surface area contributed by atoms with Gasteiger partial charge in [-0.2, -0.15) is 0 Å². The van der Waals surface area contributed by atoms with Crippen molar-refractivity contribution in [3.8, 4) is 11.5 Å². The molecule has 2 aromatic carbocycles. The second-order valence-electron chi connectivity index (χ2n) is 5.60. The van der Waals surface area contributed by atoms with Crippen molar-refractivity contribution in [2.45, 2.75) is 20.5 Å². The van der Waals surface area contributed by atoms with Gasteiger partial charge in [-0.1, -0.05) is 29.8 Å². The van der Waals surface area contributed by atoms with E-state index in [2.05, 4.69) is 5.32 Å². The number of aliphatic carboxylic acids is 1. The van der Waals surface area contributed by atoms with Crippen LogP contribution < -0.4 is 14.8 Å². The van der Waals surface area contributed by atoms with E-state index in [0.29, 0.717) is 35.3 Å². The minimum atomic E-state index is -1.23. The largest absolute Gasteiger partial charge is 0.490 e. The fraction of sp³-hybridized carbons (Fsp3) is 0.200. The van der Waals surface area contributed by atoms with E-state index in [1.165, 1.54) is 13.0 Å². The maximum absolute atomic E-state index is 11.3. The predicted octanol–water partition coefficient (Wildman–Crippen LogP) is 3.88. The molecule has 2 rings (SSSR count). The highest BCUT2D eigenvalue weighted by molar-refractivity contribution is 6.30. The lowest BCUT2D eigenvalue weighted by Crippen LogP contribution is -2.24. The number of carbonyl (C=O) groups excluding carboxylic acids is 1. The summed E-state index contributed by atoms with van der Waals surface area (Å²) < 4.78 is 11.4. The van der Waals surface area contributed by atoms with Gasteiger partial charge in [-0.15, -0.1) is 0 Å². The minimum absolute atomic E-state index is 0.224. The van der Waals surface area contributed by atoms with Crippen LogP contribution in [0.4, 0.5) is 0 Å². The van der Waals surface area contributed by atoms with Gasteiger partial charge in [-0.25, -0.2) is 4.79 Å². The van der Waals surface area contributed by atoms with E-state index in [4.69, 9.17) is 21.1 Å². The average Bonchev–Trinajstić information content (AvgIpc) is 2.60. The fourth-order valence-corrected chi connectivity index (χ4v) is 2.51. The number of nitrogens with one attached hydrogen (secondary N) is 1. The number of carbonyl (C=O) groups is 2. The first-order valence-corrected chi connectivity index (χ1v) is 8.63. The minimum Gasteiger partial charge on any atom is -0.490 e. The Morgan fingerprint density at radius 2 is 1.93 bits per heavy atom. The molecule has 0 aromatic heterocycles. The standard InChI is InChI=1S/C20H20ClNO5/c1-3-26-19-11-14(10-17(20(24)25)22-13(2)23)7-8-18(19)27-12-15-5-4-6-16(21)9-15/h4-11H,3,12H2,1-2H3,(H,22,23)(H,24,25). The molecule has 0 aliphatic rings. The van der Waals surface area contributed by atoms with Crippen molar-refractivity contribution in [3.63, 3.8) is 0 Å². The molecule has 0 heterocycles.